The number of hydrogen-bond donors (Lipinski definition) is 0. The summed E-state index contributed by atoms with van der Waals surface area (Å²) < 4.78 is 0. The van der Waals surface area contributed by atoms with E-state index in [1.807, 2.05) is 13.8 Å². The summed E-state index contributed by atoms with van der Waals surface area (Å²) in [5, 5.41) is 1.38. The van der Waals surface area contributed by atoms with Crippen molar-refractivity contribution in [3.63, 3.8) is 0 Å². The molecule has 4 heteroatoms. The van der Waals surface area contributed by atoms with E-state index < -0.39 is 0 Å². The molecule has 0 amide bonds. The molecule has 1 heterocycles. The van der Waals surface area contributed by atoms with Crippen molar-refractivity contribution in [2.24, 2.45) is 0 Å². The molecular weight excluding hydrogens is 204 g/mol. The van der Waals surface area contributed by atoms with Gasteiger partial charge in [0.1, 0.15) is 5.03 Å². The lowest BCUT2D eigenvalue weighted by atomic mass is 10.4. The van der Waals surface area contributed by atoms with Gasteiger partial charge < -0.3 is 0 Å². The zero-order valence-corrected chi connectivity index (χ0v) is 9.67. The minimum absolute atomic E-state index is 0.529. The van der Waals surface area contributed by atoms with Crippen LogP contribution in [0.1, 0.15) is 24.7 Å². The van der Waals surface area contributed by atoms with Gasteiger partial charge in [0, 0.05) is 0 Å². The summed E-state index contributed by atoms with van der Waals surface area (Å²) in [5.74, 6) is 1.04. The number of rotatable bonds is 3. The van der Waals surface area contributed by atoms with Crippen LogP contribution >= 0.6 is 23.4 Å². The summed E-state index contributed by atoms with van der Waals surface area (Å²) in [4.78, 5) is 8.59. The Morgan fingerprint density at radius 3 is 2.46 bits per heavy atom. The van der Waals surface area contributed by atoms with Crippen LogP contribution in [0.25, 0.3) is 0 Å². The maximum Gasteiger partial charge on any atom is 0.161 e. The first kappa shape index (κ1) is 10.8. The van der Waals surface area contributed by atoms with Gasteiger partial charge in [-0.2, -0.15) is 0 Å². The van der Waals surface area contributed by atoms with E-state index in [4.69, 9.17) is 11.6 Å². The van der Waals surface area contributed by atoms with Gasteiger partial charge >= 0.3 is 0 Å². The minimum Gasteiger partial charge on any atom is -0.242 e. The molecule has 2 nitrogen and oxygen atoms in total. The van der Waals surface area contributed by atoms with E-state index in [9.17, 15) is 0 Å². The Morgan fingerprint density at radius 1 is 1.23 bits per heavy atom. The Morgan fingerprint density at radius 2 is 1.85 bits per heavy atom. The fourth-order valence-corrected chi connectivity index (χ4v) is 1.94. The normalized spacial score (nSPS) is 10.5. The lowest BCUT2D eigenvalue weighted by Gasteiger charge is -2.04. The summed E-state index contributed by atoms with van der Waals surface area (Å²) in [6.45, 7) is 6.01. The van der Waals surface area contributed by atoms with Crippen molar-refractivity contribution in [2.45, 2.75) is 32.2 Å². The molecule has 0 radical (unpaired) electrons. The predicted molar refractivity (Wildman–Crippen MR) is 57.5 cm³/mol. The Bertz CT molecular complexity index is 302. The number of thioether (sulfide) groups is 1. The van der Waals surface area contributed by atoms with Crippen molar-refractivity contribution in [2.75, 3.05) is 5.75 Å². The van der Waals surface area contributed by atoms with Crippen molar-refractivity contribution in [1.82, 2.24) is 9.97 Å². The van der Waals surface area contributed by atoms with Crippen LogP contribution in [0.15, 0.2) is 5.03 Å². The fourth-order valence-electron chi connectivity index (χ4n) is 0.846. The van der Waals surface area contributed by atoms with Crippen molar-refractivity contribution in [1.29, 1.82) is 0 Å². The van der Waals surface area contributed by atoms with Gasteiger partial charge in [-0.15, -0.1) is 11.8 Å². The number of aromatic nitrogens is 2. The first-order chi connectivity index (χ1) is 6.15. The molecule has 0 aromatic carbocycles. The topological polar surface area (TPSA) is 25.8 Å². The van der Waals surface area contributed by atoms with Gasteiger partial charge in [-0.05, 0) is 26.0 Å². The second kappa shape index (κ2) is 4.82. The highest BCUT2D eigenvalue weighted by Crippen LogP contribution is 2.24. The fraction of sp³-hybridized carbons (Fsp3) is 0.556. The molecule has 0 aliphatic carbocycles. The van der Waals surface area contributed by atoms with Crippen LogP contribution in [0.5, 0.6) is 0 Å². The van der Waals surface area contributed by atoms with Gasteiger partial charge in [-0.25, -0.2) is 9.97 Å². The minimum atomic E-state index is 0.529. The van der Waals surface area contributed by atoms with Crippen LogP contribution in [0.4, 0.5) is 0 Å². The van der Waals surface area contributed by atoms with Gasteiger partial charge in [0.05, 0.1) is 11.4 Å². The molecule has 0 spiro atoms. The zero-order valence-electron chi connectivity index (χ0n) is 8.09. The molecule has 0 N–H and O–H groups in total. The van der Waals surface area contributed by atoms with Crippen LogP contribution in [-0.2, 0) is 0 Å². The van der Waals surface area contributed by atoms with Gasteiger partial charge in [0.15, 0.2) is 5.15 Å². The van der Waals surface area contributed by atoms with Crippen molar-refractivity contribution >= 4 is 23.4 Å². The quantitative estimate of drug-likeness (QED) is 0.726. The Labute approximate surface area is 88.1 Å². The second-order valence-electron chi connectivity index (χ2n) is 2.84. The van der Waals surface area contributed by atoms with Gasteiger partial charge in [0.25, 0.3) is 0 Å². The third-order valence-corrected chi connectivity index (χ3v) is 3.22. The number of aryl methyl sites for hydroxylation is 2. The van der Waals surface area contributed by atoms with Crippen LogP contribution in [0, 0.1) is 13.8 Å². The standard InChI is InChI=1S/C9H13ClN2S/c1-4-5-13-9-8(10)11-6(2)7(3)12-9/h4-5H2,1-3H3. The van der Waals surface area contributed by atoms with Gasteiger partial charge in [-0.3, -0.25) is 0 Å². The Hall–Kier alpha value is -0.280. The van der Waals surface area contributed by atoms with Crippen LogP contribution in [-0.4, -0.2) is 15.7 Å². The average Bonchev–Trinajstić information content (AvgIpc) is 2.09. The number of nitrogens with zero attached hydrogens (tertiary/aromatic N) is 2. The van der Waals surface area contributed by atoms with Gasteiger partial charge in [-0.1, -0.05) is 18.5 Å². The van der Waals surface area contributed by atoms with Crippen LogP contribution in [0.3, 0.4) is 0 Å². The highest BCUT2D eigenvalue weighted by Gasteiger charge is 2.06. The molecule has 0 saturated heterocycles. The first-order valence-electron chi connectivity index (χ1n) is 4.28. The smallest absolute Gasteiger partial charge is 0.161 e. The van der Waals surface area contributed by atoms with E-state index >= 15 is 0 Å². The summed E-state index contributed by atoms with van der Waals surface area (Å²) in [6, 6.07) is 0. The molecule has 0 bridgehead atoms. The van der Waals surface area contributed by atoms with E-state index in [1.165, 1.54) is 0 Å². The lowest BCUT2D eigenvalue weighted by molar-refractivity contribution is 0.955. The highest BCUT2D eigenvalue weighted by atomic mass is 35.5. The Balaban J connectivity index is 2.88. The lowest BCUT2D eigenvalue weighted by Crippen LogP contribution is -1.95. The van der Waals surface area contributed by atoms with Crippen molar-refractivity contribution < 1.29 is 0 Å². The van der Waals surface area contributed by atoms with Crippen LogP contribution < -0.4 is 0 Å². The van der Waals surface area contributed by atoms with Crippen molar-refractivity contribution in [3.05, 3.63) is 16.5 Å². The number of hydrogen-bond acceptors (Lipinski definition) is 3. The molecule has 1 aromatic rings. The molecule has 0 aliphatic rings. The summed E-state index contributed by atoms with van der Waals surface area (Å²) in [5.41, 5.74) is 1.87. The third kappa shape index (κ3) is 2.85. The molecule has 0 saturated carbocycles. The van der Waals surface area contributed by atoms with Gasteiger partial charge in [0.2, 0.25) is 0 Å². The predicted octanol–water partition coefficient (Wildman–Crippen LogP) is 3.25. The molecule has 0 fully saturated rings. The zero-order chi connectivity index (χ0) is 9.84. The largest absolute Gasteiger partial charge is 0.242 e. The maximum atomic E-state index is 5.94. The molecule has 0 aliphatic heterocycles. The summed E-state index contributed by atoms with van der Waals surface area (Å²) in [7, 11) is 0. The van der Waals surface area contributed by atoms with E-state index in [1.54, 1.807) is 11.8 Å². The van der Waals surface area contributed by atoms with Crippen molar-refractivity contribution in [3.8, 4) is 0 Å². The molecule has 0 unspecified atom stereocenters. The summed E-state index contributed by atoms with van der Waals surface area (Å²) in [6.07, 6.45) is 1.12. The molecule has 0 atom stereocenters. The monoisotopic (exact) mass is 216 g/mol. The third-order valence-electron chi connectivity index (χ3n) is 1.68. The van der Waals surface area contributed by atoms with E-state index in [0.29, 0.717) is 5.15 Å². The van der Waals surface area contributed by atoms with E-state index in [-0.39, 0.29) is 0 Å². The van der Waals surface area contributed by atoms with E-state index in [2.05, 4.69) is 16.9 Å². The second-order valence-corrected chi connectivity index (χ2v) is 4.28. The number of halogens is 1. The average molecular weight is 217 g/mol. The Kier molecular flexibility index (Phi) is 4.00. The molecular formula is C9H13ClN2S. The molecule has 1 aromatic heterocycles. The first-order valence-corrected chi connectivity index (χ1v) is 5.65. The SMILES string of the molecule is CCCSc1nc(C)c(C)nc1Cl. The highest BCUT2D eigenvalue weighted by molar-refractivity contribution is 7.99. The van der Waals surface area contributed by atoms with E-state index in [0.717, 1.165) is 28.6 Å². The maximum absolute atomic E-state index is 5.94. The molecule has 72 valence electrons. The summed E-state index contributed by atoms with van der Waals surface area (Å²) >= 11 is 7.61. The molecule has 1 rings (SSSR count). The van der Waals surface area contributed by atoms with Crippen LogP contribution in [0.2, 0.25) is 5.15 Å². The molecule has 13 heavy (non-hydrogen) atoms.